The second-order valence-electron chi connectivity index (χ2n) is 2.14. The average molecular weight is 168 g/mol. The molecule has 1 amide bonds. The summed E-state index contributed by atoms with van der Waals surface area (Å²) in [6.45, 7) is 0. The number of carbonyl (C=O) groups excluding carboxylic acids is 1. The Hall–Kier alpha value is -1.16. The average Bonchev–Trinajstić information content (AvgIpc) is 1.85. The molecular weight excluding hydrogens is 160 g/mol. The summed E-state index contributed by atoms with van der Waals surface area (Å²) in [4.78, 5) is 11.2. The van der Waals surface area contributed by atoms with Crippen molar-refractivity contribution in [3.05, 3.63) is 23.8 Å². The summed E-state index contributed by atoms with van der Waals surface area (Å²) < 4.78 is 0. The van der Waals surface area contributed by atoms with E-state index in [4.69, 9.17) is 11.5 Å². The van der Waals surface area contributed by atoms with E-state index in [9.17, 15) is 4.79 Å². The van der Waals surface area contributed by atoms with Crippen molar-refractivity contribution in [2.45, 2.75) is 4.90 Å². The van der Waals surface area contributed by atoms with Gasteiger partial charge in [0.25, 0.3) is 0 Å². The Morgan fingerprint density at radius 3 is 2.55 bits per heavy atom. The Labute approximate surface area is 69.8 Å². The highest BCUT2D eigenvalue weighted by molar-refractivity contribution is 7.80. The molecule has 1 aromatic rings. The lowest BCUT2D eigenvalue weighted by Crippen LogP contribution is -2.11. The van der Waals surface area contributed by atoms with Crippen molar-refractivity contribution in [1.82, 2.24) is 0 Å². The van der Waals surface area contributed by atoms with Crippen molar-refractivity contribution >= 4 is 24.2 Å². The molecule has 0 heterocycles. The monoisotopic (exact) mass is 168 g/mol. The molecule has 0 spiro atoms. The number of hydrogen-bond acceptors (Lipinski definition) is 3. The van der Waals surface area contributed by atoms with Crippen LogP contribution in [0.25, 0.3) is 0 Å². The molecule has 3 nitrogen and oxygen atoms in total. The maximum Gasteiger partial charge on any atom is 0.249 e. The molecule has 0 atom stereocenters. The number of amides is 1. The first-order valence-corrected chi connectivity index (χ1v) is 3.44. The van der Waals surface area contributed by atoms with E-state index in [1.165, 1.54) is 0 Å². The van der Waals surface area contributed by atoms with E-state index >= 15 is 0 Å². The van der Waals surface area contributed by atoms with E-state index in [-0.39, 0.29) is 0 Å². The van der Waals surface area contributed by atoms with Gasteiger partial charge in [0, 0.05) is 10.6 Å². The lowest BCUT2D eigenvalue weighted by Gasteiger charge is -2.00. The molecule has 4 N–H and O–H groups in total. The summed E-state index contributed by atoms with van der Waals surface area (Å²) in [5, 5.41) is 0. The molecule has 0 radical (unpaired) electrons. The van der Waals surface area contributed by atoms with Gasteiger partial charge in [0.15, 0.2) is 0 Å². The smallest absolute Gasteiger partial charge is 0.249 e. The minimum absolute atomic E-state index is 0.391. The van der Waals surface area contributed by atoms with Gasteiger partial charge in [-0.2, -0.15) is 0 Å². The SMILES string of the molecule is NC(=O)c1ccc(N)cc1S. The fourth-order valence-corrected chi connectivity index (χ4v) is 1.09. The van der Waals surface area contributed by atoms with E-state index in [0.29, 0.717) is 16.1 Å². The third-order valence-electron chi connectivity index (χ3n) is 1.29. The van der Waals surface area contributed by atoms with E-state index < -0.39 is 5.91 Å². The summed E-state index contributed by atoms with van der Waals surface area (Å²) >= 11 is 4.03. The number of primary amides is 1. The zero-order chi connectivity index (χ0) is 8.43. The molecular formula is C7H8N2OS. The zero-order valence-corrected chi connectivity index (χ0v) is 6.64. The maximum atomic E-state index is 10.7. The third kappa shape index (κ3) is 1.65. The van der Waals surface area contributed by atoms with Crippen molar-refractivity contribution in [3.63, 3.8) is 0 Å². The number of thiol groups is 1. The highest BCUT2D eigenvalue weighted by Crippen LogP contribution is 2.16. The molecule has 0 aliphatic carbocycles. The van der Waals surface area contributed by atoms with Crippen LogP contribution in [-0.2, 0) is 0 Å². The van der Waals surface area contributed by atoms with Crippen LogP contribution < -0.4 is 11.5 Å². The van der Waals surface area contributed by atoms with Crippen molar-refractivity contribution in [1.29, 1.82) is 0 Å². The molecule has 0 bridgehead atoms. The van der Waals surface area contributed by atoms with Crippen molar-refractivity contribution < 1.29 is 4.79 Å². The topological polar surface area (TPSA) is 69.1 Å². The van der Waals surface area contributed by atoms with Crippen LogP contribution in [0.2, 0.25) is 0 Å². The first-order valence-electron chi connectivity index (χ1n) is 2.99. The number of rotatable bonds is 1. The second kappa shape index (κ2) is 2.84. The van der Waals surface area contributed by atoms with Gasteiger partial charge in [0.05, 0.1) is 5.56 Å². The lowest BCUT2D eigenvalue weighted by atomic mass is 10.2. The minimum atomic E-state index is -0.491. The van der Waals surface area contributed by atoms with Gasteiger partial charge in [0.1, 0.15) is 0 Å². The molecule has 1 aromatic carbocycles. The molecule has 0 fully saturated rings. The summed E-state index contributed by atoms with van der Waals surface area (Å²) in [6, 6.07) is 4.75. The molecule has 0 aliphatic rings. The number of anilines is 1. The number of benzene rings is 1. The molecule has 0 aromatic heterocycles. The molecule has 58 valence electrons. The van der Waals surface area contributed by atoms with Gasteiger partial charge >= 0.3 is 0 Å². The first-order chi connectivity index (χ1) is 5.11. The third-order valence-corrected chi connectivity index (χ3v) is 1.66. The number of nitrogen functional groups attached to an aromatic ring is 1. The van der Waals surface area contributed by atoms with Gasteiger partial charge in [-0.15, -0.1) is 12.6 Å². The van der Waals surface area contributed by atoms with Crippen molar-refractivity contribution in [2.24, 2.45) is 5.73 Å². The molecule has 4 heteroatoms. The Kier molecular flexibility index (Phi) is 2.05. The fourth-order valence-electron chi connectivity index (χ4n) is 0.757. The van der Waals surface area contributed by atoms with Crippen LogP contribution in [0.1, 0.15) is 10.4 Å². The Bertz CT molecular complexity index is 298. The van der Waals surface area contributed by atoms with Crippen LogP contribution in [0.3, 0.4) is 0 Å². The molecule has 0 saturated carbocycles. The first kappa shape index (κ1) is 7.94. The molecule has 0 unspecified atom stereocenters. The number of hydrogen-bond donors (Lipinski definition) is 3. The van der Waals surface area contributed by atoms with Crippen molar-refractivity contribution in [3.8, 4) is 0 Å². The van der Waals surface area contributed by atoms with Gasteiger partial charge in [-0.3, -0.25) is 4.79 Å². The predicted octanol–water partition coefficient (Wildman–Crippen LogP) is 0.656. The van der Waals surface area contributed by atoms with Crippen LogP contribution in [0.4, 0.5) is 5.69 Å². The minimum Gasteiger partial charge on any atom is -0.399 e. The zero-order valence-electron chi connectivity index (χ0n) is 5.74. The van der Waals surface area contributed by atoms with Crippen molar-refractivity contribution in [2.75, 3.05) is 5.73 Å². The molecule has 0 aliphatic heterocycles. The second-order valence-corrected chi connectivity index (χ2v) is 2.62. The number of carbonyl (C=O) groups is 1. The summed E-state index contributed by atoms with van der Waals surface area (Å²) in [6.07, 6.45) is 0. The van der Waals surface area contributed by atoms with Gasteiger partial charge in [-0.25, -0.2) is 0 Å². The Morgan fingerprint density at radius 1 is 1.45 bits per heavy atom. The van der Waals surface area contributed by atoms with Gasteiger partial charge in [0.2, 0.25) is 5.91 Å². The van der Waals surface area contributed by atoms with E-state index in [1.54, 1.807) is 18.2 Å². The van der Waals surface area contributed by atoms with Gasteiger partial charge in [-0.1, -0.05) is 0 Å². The predicted molar refractivity (Wildman–Crippen MR) is 46.6 cm³/mol. The molecule has 1 rings (SSSR count). The highest BCUT2D eigenvalue weighted by atomic mass is 32.1. The summed E-state index contributed by atoms with van der Waals surface area (Å²) in [5.74, 6) is -0.491. The van der Waals surface area contributed by atoms with Crippen LogP contribution >= 0.6 is 12.6 Å². The quantitative estimate of drug-likeness (QED) is 0.426. The Morgan fingerprint density at radius 2 is 2.09 bits per heavy atom. The van der Waals surface area contributed by atoms with Gasteiger partial charge < -0.3 is 11.5 Å². The Balaban J connectivity index is 3.20. The van der Waals surface area contributed by atoms with E-state index in [2.05, 4.69) is 12.6 Å². The van der Waals surface area contributed by atoms with Crippen LogP contribution in [0.5, 0.6) is 0 Å². The summed E-state index contributed by atoms with van der Waals surface area (Å²) in [7, 11) is 0. The van der Waals surface area contributed by atoms with Crippen LogP contribution in [0, 0.1) is 0 Å². The fraction of sp³-hybridized carbons (Fsp3) is 0. The van der Waals surface area contributed by atoms with E-state index in [0.717, 1.165) is 0 Å². The van der Waals surface area contributed by atoms with Crippen LogP contribution in [0.15, 0.2) is 23.1 Å². The molecule has 11 heavy (non-hydrogen) atoms. The standard InChI is InChI=1S/C7H8N2OS/c8-4-1-2-5(7(9)10)6(11)3-4/h1-3,11H,8H2,(H2,9,10). The van der Waals surface area contributed by atoms with E-state index in [1.807, 2.05) is 0 Å². The lowest BCUT2D eigenvalue weighted by molar-refractivity contribution is 0.0997. The normalized spacial score (nSPS) is 9.55. The summed E-state index contributed by atoms with van der Waals surface area (Å²) in [5.41, 5.74) is 11.4. The molecule has 0 saturated heterocycles. The van der Waals surface area contributed by atoms with Crippen LogP contribution in [-0.4, -0.2) is 5.91 Å². The largest absolute Gasteiger partial charge is 0.399 e. The number of nitrogens with two attached hydrogens (primary N) is 2. The maximum absolute atomic E-state index is 10.7. The van der Waals surface area contributed by atoms with Gasteiger partial charge in [-0.05, 0) is 18.2 Å². The highest BCUT2D eigenvalue weighted by Gasteiger charge is 2.03.